The first-order valence-electron chi connectivity index (χ1n) is 6.92. The van der Waals surface area contributed by atoms with Gasteiger partial charge in [-0.15, -0.1) is 15.3 Å². The Hall–Kier alpha value is -2.89. The molecule has 1 aromatic carbocycles. The van der Waals surface area contributed by atoms with Gasteiger partial charge in [-0.3, -0.25) is 4.79 Å². The summed E-state index contributed by atoms with van der Waals surface area (Å²) in [6.07, 6.45) is -4.71. The lowest BCUT2D eigenvalue weighted by Crippen LogP contribution is -2.17. The summed E-state index contributed by atoms with van der Waals surface area (Å²) in [6.45, 7) is 0.828. The molecule has 0 fully saturated rings. The molecule has 1 N–H and O–H groups in total. The average Bonchev–Trinajstić information content (AvgIpc) is 3.14. The van der Waals surface area contributed by atoms with Gasteiger partial charge < -0.3 is 14.8 Å². The van der Waals surface area contributed by atoms with Gasteiger partial charge in [-0.25, -0.2) is 0 Å². The molecule has 12 heteroatoms. The topological polar surface area (TPSA) is 90.6 Å². The number of carbonyl (C=O) groups is 1. The van der Waals surface area contributed by atoms with Crippen LogP contribution in [0.1, 0.15) is 15.6 Å². The van der Waals surface area contributed by atoms with Crippen LogP contribution in [0.2, 0.25) is 0 Å². The third kappa shape index (κ3) is 2.84. The van der Waals surface area contributed by atoms with Gasteiger partial charge in [-0.05, 0) is 12.1 Å². The number of ether oxygens (including phenoxy) is 2. The van der Waals surface area contributed by atoms with E-state index in [2.05, 4.69) is 20.6 Å². The van der Waals surface area contributed by atoms with Crippen LogP contribution in [-0.4, -0.2) is 38.9 Å². The summed E-state index contributed by atoms with van der Waals surface area (Å²) in [5.41, 5.74) is 0.399. The summed E-state index contributed by atoms with van der Waals surface area (Å²) in [7, 11) is 0. The van der Waals surface area contributed by atoms with Crippen LogP contribution in [-0.2, 0) is 6.18 Å². The van der Waals surface area contributed by atoms with Gasteiger partial charge in [0, 0.05) is 11.8 Å². The Morgan fingerprint density at radius 1 is 1.20 bits per heavy atom. The summed E-state index contributed by atoms with van der Waals surface area (Å²) < 4.78 is 49.6. The van der Waals surface area contributed by atoms with E-state index in [1.54, 1.807) is 18.2 Å². The molecule has 1 aliphatic heterocycles. The van der Waals surface area contributed by atoms with Gasteiger partial charge in [-0.1, -0.05) is 11.3 Å². The number of fused-ring (bicyclic) bond motifs is 2. The van der Waals surface area contributed by atoms with Gasteiger partial charge >= 0.3 is 6.18 Å². The third-order valence-electron chi connectivity index (χ3n) is 3.24. The van der Waals surface area contributed by atoms with Crippen molar-refractivity contribution in [1.82, 2.24) is 19.8 Å². The van der Waals surface area contributed by atoms with E-state index in [0.717, 1.165) is 0 Å². The first-order chi connectivity index (χ1) is 11.9. The van der Waals surface area contributed by atoms with Gasteiger partial charge in [0.25, 0.3) is 11.7 Å². The minimum atomic E-state index is -4.71. The molecule has 2 aromatic heterocycles. The molecule has 0 spiro atoms. The predicted octanol–water partition coefficient (Wildman–Crippen LogP) is 2.23. The Kier molecular flexibility index (Phi) is 3.49. The first-order valence-corrected chi connectivity index (χ1v) is 7.74. The number of nitrogens with one attached hydrogen (secondary N) is 1. The number of carbonyl (C=O) groups excluding carboxylic acids is 1. The normalized spacial score (nSPS) is 13.9. The van der Waals surface area contributed by atoms with Crippen molar-refractivity contribution in [1.29, 1.82) is 0 Å². The fourth-order valence-corrected chi connectivity index (χ4v) is 2.93. The molecule has 0 saturated heterocycles. The molecule has 1 amide bonds. The molecule has 0 aliphatic carbocycles. The Balaban J connectivity index is 1.59. The van der Waals surface area contributed by atoms with Crippen LogP contribution in [0.4, 0.5) is 18.9 Å². The molecule has 3 aromatic rings. The molecular formula is C13H8F3N5O3S. The van der Waals surface area contributed by atoms with Gasteiger partial charge in [0.1, 0.15) is 13.2 Å². The molecule has 0 saturated carbocycles. The summed E-state index contributed by atoms with van der Waals surface area (Å²) >= 11 is 0.701. The molecule has 0 bridgehead atoms. The van der Waals surface area contributed by atoms with Crippen molar-refractivity contribution >= 4 is 27.9 Å². The fourth-order valence-electron chi connectivity index (χ4n) is 2.19. The monoisotopic (exact) mass is 371 g/mol. The van der Waals surface area contributed by atoms with Crippen LogP contribution < -0.4 is 14.8 Å². The third-order valence-corrected chi connectivity index (χ3v) is 4.14. The van der Waals surface area contributed by atoms with Crippen molar-refractivity contribution in [2.75, 3.05) is 18.5 Å². The van der Waals surface area contributed by atoms with E-state index in [1.165, 1.54) is 0 Å². The molecule has 0 unspecified atom stereocenters. The number of benzene rings is 1. The van der Waals surface area contributed by atoms with Crippen molar-refractivity contribution in [3.63, 3.8) is 0 Å². The highest BCUT2D eigenvalue weighted by molar-refractivity contribution is 7.18. The lowest BCUT2D eigenvalue weighted by atomic mass is 10.2. The highest BCUT2D eigenvalue weighted by atomic mass is 32.1. The van der Waals surface area contributed by atoms with Crippen molar-refractivity contribution in [2.45, 2.75) is 6.18 Å². The number of alkyl halides is 3. The van der Waals surface area contributed by atoms with Crippen LogP contribution in [0.3, 0.4) is 0 Å². The maximum atomic E-state index is 12.8. The Labute approximate surface area is 141 Å². The van der Waals surface area contributed by atoms with E-state index in [0.29, 0.717) is 46.3 Å². The zero-order valence-electron chi connectivity index (χ0n) is 12.2. The predicted molar refractivity (Wildman–Crippen MR) is 79.0 cm³/mol. The quantitative estimate of drug-likeness (QED) is 0.743. The van der Waals surface area contributed by atoms with Crippen LogP contribution in [0.5, 0.6) is 11.5 Å². The van der Waals surface area contributed by atoms with Crippen molar-refractivity contribution in [2.24, 2.45) is 0 Å². The van der Waals surface area contributed by atoms with Gasteiger partial charge in [0.15, 0.2) is 11.5 Å². The largest absolute Gasteiger partial charge is 0.486 e. The SMILES string of the molecule is O=C(Nc1ccc2c(c1)OCCO2)c1nn2c(C(F)(F)F)nnc2s1. The minimum Gasteiger partial charge on any atom is -0.486 e. The lowest BCUT2D eigenvalue weighted by molar-refractivity contribution is -0.146. The van der Waals surface area contributed by atoms with Crippen molar-refractivity contribution in [3.05, 3.63) is 29.0 Å². The van der Waals surface area contributed by atoms with E-state index < -0.39 is 17.9 Å². The van der Waals surface area contributed by atoms with Crippen LogP contribution in [0, 0.1) is 0 Å². The van der Waals surface area contributed by atoms with Gasteiger partial charge in [-0.2, -0.15) is 17.7 Å². The second-order valence-corrected chi connectivity index (χ2v) is 5.89. The van der Waals surface area contributed by atoms with Crippen LogP contribution in [0.15, 0.2) is 18.2 Å². The number of nitrogens with zero attached hydrogens (tertiary/aromatic N) is 4. The second kappa shape index (κ2) is 5.58. The average molecular weight is 371 g/mol. The summed E-state index contributed by atoms with van der Waals surface area (Å²) in [6, 6.07) is 4.78. The van der Waals surface area contributed by atoms with E-state index >= 15 is 0 Å². The van der Waals surface area contributed by atoms with Gasteiger partial charge in [0.2, 0.25) is 9.97 Å². The minimum absolute atomic E-state index is 0.125. The van der Waals surface area contributed by atoms with Crippen molar-refractivity contribution < 1.29 is 27.4 Å². The van der Waals surface area contributed by atoms with Crippen molar-refractivity contribution in [3.8, 4) is 11.5 Å². The molecule has 1 aliphatic rings. The second-order valence-electron chi connectivity index (χ2n) is 4.94. The Morgan fingerprint density at radius 2 is 1.96 bits per heavy atom. The Morgan fingerprint density at radius 3 is 2.72 bits per heavy atom. The number of aromatic nitrogens is 4. The van der Waals surface area contributed by atoms with Gasteiger partial charge in [0.05, 0.1) is 0 Å². The van der Waals surface area contributed by atoms with E-state index in [-0.39, 0.29) is 9.97 Å². The molecule has 25 heavy (non-hydrogen) atoms. The first kappa shape index (κ1) is 15.6. The summed E-state index contributed by atoms with van der Waals surface area (Å²) in [5.74, 6) is -0.920. The molecule has 0 atom stereocenters. The maximum absolute atomic E-state index is 12.8. The fraction of sp³-hybridized carbons (Fsp3) is 0.231. The highest BCUT2D eigenvalue weighted by Crippen LogP contribution is 2.33. The zero-order chi connectivity index (χ0) is 17.6. The van der Waals surface area contributed by atoms with Crippen LogP contribution >= 0.6 is 11.3 Å². The number of rotatable bonds is 2. The lowest BCUT2D eigenvalue weighted by Gasteiger charge is -2.18. The number of anilines is 1. The zero-order valence-corrected chi connectivity index (χ0v) is 13.0. The summed E-state index contributed by atoms with van der Waals surface area (Å²) in [5, 5.41) is 12.4. The maximum Gasteiger partial charge on any atom is 0.453 e. The molecule has 4 rings (SSSR count). The van der Waals surface area contributed by atoms with Crippen LogP contribution in [0.25, 0.3) is 4.96 Å². The highest BCUT2D eigenvalue weighted by Gasteiger charge is 2.38. The molecule has 3 heterocycles. The van der Waals surface area contributed by atoms with E-state index in [1.807, 2.05) is 0 Å². The van der Waals surface area contributed by atoms with E-state index in [4.69, 9.17) is 9.47 Å². The number of hydrogen-bond acceptors (Lipinski definition) is 7. The Bertz CT molecular complexity index is 968. The molecule has 130 valence electrons. The smallest absolute Gasteiger partial charge is 0.453 e. The molecular weight excluding hydrogens is 363 g/mol. The number of halogens is 3. The number of hydrogen-bond donors (Lipinski definition) is 1. The standard InChI is InChI=1S/C13H8F3N5O3S/c14-13(15,16)11-18-19-12-21(11)20-10(25-12)9(22)17-6-1-2-7-8(5-6)24-4-3-23-7/h1-2,5H,3-4H2,(H,17,22). The number of amides is 1. The molecule has 8 nitrogen and oxygen atoms in total. The summed E-state index contributed by atoms with van der Waals surface area (Å²) in [4.78, 5) is 12.1. The molecule has 0 radical (unpaired) electrons. The van der Waals surface area contributed by atoms with E-state index in [9.17, 15) is 18.0 Å².